The van der Waals surface area contributed by atoms with E-state index in [0.717, 1.165) is 0 Å². The van der Waals surface area contributed by atoms with Crippen LogP contribution in [0.2, 0.25) is 0 Å². The van der Waals surface area contributed by atoms with Crippen molar-refractivity contribution < 1.29 is 13.9 Å². The fourth-order valence-corrected chi connectivity index (χ4v) is 1.83. The molecular formula is C17H12FNO2. The van der Waals surface area contributed by atoms with Gasteiger partial charge in [0.15, 0.2) is 11.6 Å². The number of halogens is 1. The number of hydrogen-bond donors (Lipinski definition) is 0. The Hall–Kier alpha value is -2.93. The van der Waals surface area contributed by atoms with E-state index in [9.17, 15) is 9.18 Å². The summed E-state index contributed by atoms with van der Waals surface area (Å²) in [5.74, 6) is -0.829. The third kappa shape index (κ3) is 3.34. The first-order valence-electron chi connectivity index (χ1n) is 6.21. The molecule has 2 rings (SSSR count). The molecule has 0 fully saturated rings. The predicted octanol–water partition coefficient (Wildman–Crippen LogP) is 3.62. The second-order valence-electron chi connectivity index (χ2n) is 4.26. The van der Waals surface area contributed by atoms with Crippen molar-refractivity contribution in [3.63, 3.8) is 0 Å². The Balaban J connectivity index is 2.36. The highest BCUT2D eigenvalue weighted by Crippen LogP contribution is 2.20. The number of methoxy groups -OCH3 is 1. The van der Waals surface area contributed by atoms with Crippen LogP contribution >= 0.6 is 0 Å². The van der Waals surface area contributed by atoms with Gasteiger partial charge in [0, 0.05) is 5.56 Å². The molecule has 0 unspecified atom stereocenters. The number of nitrogens with zero attached hydrogens (tertiary/aromatic N) is 1. The van der Waals surface area contributed by atoms with E-state index in [1.807, 2.05) is 6.07 Å². The molecule has 4 heteroatoms. The minimum atomic E-state index is -0.546. The van der Waals surface area contributed by atoms with Gasteiger partial charge < -0.3 is 4.74 Å². The Morgan fingerprint density at radius 1 is 1.24 bits per heavy atom. The van der Waals surface area contributed by atoms with Gasteiger partial charge in [0.25, 0.3) is 0 Å². The molecule has 0 aliphatic carbocycles. The third-order valence-electron chi connectivity index (χ3n) is 2.89. The smallest absolute Gasteiger partial charge is 0.203 e. The lowest BCUT2D eigenvalue weighted by atomic mass is 10.0. The zero-order valence-corrected chi connectivity index (χ0v) is 11.3. The number of ketones is 1. The maximum Gasteiger partial charge on any atom is 0.203 e. The predicted molar refractivity (Wildman–Crippen MR) is 77.3 cm³/mol. The van der Waals surface area contributed by atoms with Crippen LogP contribution in [-0.2, 0) is 0 Å². The van der Waals surface area contributed by atoms with Crippen molar-refractivity contribution in [1.29, 1.82) is 5.26 Å². The Kier molecular flexibility index (Phi) is 4.47. The zero-order valence-electron chi connectivity index (χ0n) is 11.3. The summed E-state index contributed by atoms with van der Waals surface area (Å²) in [7, 11) is 1.37. The fraction of sp³-hybridized carbons (Fsp3) is 0.0588. The number of allylic oxidation sites excluding steroid dienone is 1. The molecule has 0 amide bonds. The summed E-state index contributed by atoms with van der Waals surface area (Å²) < 4.78 is 18.4. The van der Waals surface area contributed by atoms with Gasteiger partial charge in [-0.05, 0) is 23.8 Å². The monoisotopic (exact) mass is 281 g/mol. The lowest BCUT2D eigenvalue weighted by molar-refractivity contribution is 0.104. The molecular weight excluding hydrogens is 269 g/mol. The fourth-order valence-electron chi connectivity index (χ4n) is 1.83. The van der Waals surface area contributed by atoms with Gasteiger partial charge in [0.05, 0.1) is 7.11 Å². The number of carbonyl (C=O) groups is 1. The van der Waals surface area contributed by atoms with Gasteiger partial charge in [-0.2, -0.15) is 5.26 Å². The van der Waals surface area contributed by atoms with Gasteiger partial charge in [0.1, 0.15) is 11.6 Å². The van der Waals surface area contributed by atoms with E-state index in [0.29, 0.717) is 11.1 Å². The standard InChI is InChI=1S/C17H12FNO2/c1-21-16-8-7-12(10-15(16)18)9-14(11-19)17(20)13-5-3-2-4-6-13/h2-10H,1H3/b14-9+. The van der Waals surface area contributed by atoms with Crippen molar-refractivity contribution in [1.82, 2.24) is 0 Å². The summed E-state index contributed by atoms with van der Waals surface area (Å²) in [4.78, 5) is 12.2. The quantitative estimate of drug-likeness (QED) is 0.488. The molecule has 0 saturated heterocycles. The van der Waals surface area contributed by atoms with Gasteiger partial charge in [-0.3, -0.25) is 4.79 Å². The number of nitriles is 1. The summed E-state index contributed by atoms with van der Waals surface area (Å²) in [6, 6.07) is 14.6. The molecule has 0 heterocycles. The van der Waals surface area contributed by atoms with Crippen LogP contribution in [0.4, 0.5) is 4.39 Å². The first kappa shape index (κ1) is 14.5. The molecule has 0 aromatic heterocycles. The SMILES string of the molecule is COc1ccc(/C=C(\C#N)C(=O)c2ccccc2)cc1F. The second-order valence-corrected chi connectivity index (χ2v) is 4.26. The average molecular weight is 281 g/mol. The highest BCUT2D eigenvalue weighted by atomic mass is 19.1. The highest BCUT2D eigenvalue weighted by molar-refractivity contribution is 6.14. The van der Waals surface area contributed by atoms with Crippen LogP contribution < -0.4 is 4.74 Å². The molecule has 2 aromatic carbocycles. The summed E-state index contributed by atoms with van der Waals surface area (Å²) in [6.45, 7) is 0. The van der Waals surface area contributed by atoms with Gasteiger partial charge in [-0.1, -0.05) is 36.4 Å². The number of Topliss-reactive ketones (excluding diaryl/α,β-unsaturated/α-hetero) is 1. The molecule has 0 aliphatic rings. The Morgan fingerprint density at radius 2 is 1.95 bits per heavy atom. The van der Waals surface area contributed by atoms with Crippen molar-refractivity contribution in [2.75, 3.05) is 7.11 Å². The molecule has 0 aliphatic heterocycles. The van der Waals surface area contributed by atoms with Crippen LogP contribution in [0.1, 0.15) is 15.9 Å². The van der Waals surface area contributed by atoms with E-state index in [1.54, 1.807) is 36.4 Å². The first-order valence-corrected chi connectivity index (χ1v) is 6.21. The van der Waals surface area contributed by atoms with Crippen LogP contribution in [-0.4, -0.2) is 12.9 Å². The van der Waals surface area contributed by atoms with Crippen LogP contribution in [0, 0.1) is 17.1 Å². The Bertz CT molecular complexity index is 730. The van der Waals surface area contributed by atoms with E-state index in [1.165, 1.54) is 25.3 Å². The summed E-state index contributed by atoms with van der Waals surface area (Å²) in [6.07, 6.45) is 1.36. The third-order valence-corrected chi connectivity index (χ3v) is 2.89. The summed E-state index contributed by atoms with van der Waals surface area (Å²) >= 11 is 0. The summed E-state index contributed by atoms with van der Waals surface area (Å²) in [5, 5.41) is 9.13. The molecule has 0 atom stereocenters. The topological polar surface area (TPSA) is 50.1 Å². The number of ether oxygens (including phenoxy) is 1. The van der Waals surface area contributed by atoms with Crippen LogP contribution in [0.5, 0.6) is 5.75 Å². The van der Waals surface area contributed by atoms with Crippen molar-refractivity contribution in [3.8, 4) is 11.8 Å². The summed E-state index contributed by atoms with van der Waals surface area (Å²) in [5.41, 5.74) is 0.791. The van der Waals surface area contributed by atoms with Crippen molar-refractivity contribution >= 4 is 11.9 Å². The van der Waals surface area contributed by atoms with Crippen LogP contribution in [0.15, 0.2) is 54.1 Å². The lowest BCUT2D eigenvalue weighted by Gasteiger charge is -2.03. The molecule has 0 saturated carbocycles. The minimum Gasteiger partial charge on any atom is -0.494 e. The molecule has 2 aromatic rings. The largest absolute Gasteiger partial charge is 0.494 e. The van der Waals surface area contributed by atoms with Crippen molar-refractivity contribution in [3.05, 3.63) is 71.0 Å². The number of carbonyl (C=O) groups excluding carboxylic acids is 1. The van der Waals surface area contributed by atoms with Gasteiger partial charge >= 0.3 is 0 Å². The molecule has 21 heavy (non-hydrogen) atoms. The van der Waals surface area contributed by atoms with E-state index in [4.69, 9.17) is 10.00 Å². The first-order chi connectivity index (χ1) is 10.2. The molecule has 0 radical (unpaired) electrons. The van der Waals surface area contributed by atoms with Crippen LogP contribution in [0.25, 0.3) is 6.08 Å². The van der Waals surface area contributed by atoms with Crippen molar-refractivity contribution in [2.45, 2.75) is 0 Å². The number of rotatable bonds is 4. The molecule has 104 valence electrons. The molecule has 0 N–H and O–H groups in total. The average Bonchev–Trinajstić information content (AvgIpc) is 2.53. The zero-order chi connectivity index (χ0) is 15.2. The molecule has 0 bridgehead atoms. The van der Waals surface area contributed by atoms with Gasteiger partial charge in [0.2, 0.25) is 5.78 Å². The van der Waals surface area contributed by atoms with E-state index < -0.39 is 11.6 Å². The lowest BCUT2D eigenvalue weighted by Crippen LogP contribution is -2.01. The van der Waals surface area contributed by atoms with E-state index in [-0.39, 0.29) is 11.3 Å². The Labute approximate surface area is 121 Å². The van der Waals surface area contributed by atoms with Gasteiger partial charge in [-0.25, -0.2) is 4.39 Å². The van der Waals surface area contributed by atoms with Crippen molar-refractivity contribution in [2.24, 2.45) is 0 Å². The highest BCUT2D eigenvalue weighted by Gasteiger charge is 2.12. The van der Waals surface area contributed by atoms with Crippen LogP contribution in [0.3, 0.4) is 0 Å². The second kappa shape index (κ2) is 6.49. The number of hydrogen-bond acceptors (Lipinski definition) is 3. The maximum absolute atomic E-state index is 13.6. The van der Waals surface area contributed by atoms with Gasteiger partial charge in [-0.15, -0.1) is 0 Å². The normalized spacial score (nSPS) is 10.8. The number of benzene rings is 2. The molecule has 0 spiro atoms. The minimum absolute atomic E-state index is 0.0502. The maximum atomic E-state index is 13.6. The van der Waals surface area contributed by atoms with E-state index >= 15 is 0 Å². The Morgan fingerprint density at radius 3 is 2.52 bits per heavy atom. The molecule has 3 nitrogen and oxygen atoms in total. The van der Waals surface area contributed by atoms with E-state index in [2.05, 4.69) is 0 Å².